The fourth-order valence-corrected chi connectivity index (χ4v) is 6.74. The molecule has 3 aliphatic rings. The van der Waals surface area contributed by atoms with Gasteiger partial charge in [0.15, 0.2) is 5.82 Å². The number of amides is 1. The molecule has 0 unspecified atom stereocenters. The summed E-state index contributed by atoms with van der Waals surface area (Å²) in [6, 6.07) is 13.4. The summed E-state index contributed by atoms with van der Waals surface area (Å²) in [6.45, 7) is 3.15. The average Bonchev–Trinajstić information content (AvgIpc) is 3.45. The Balaban J connectivity index is 1.32. The molecule has 9 heteroatoms. The lowest BCUT2D eigenvalue weighted by Crippen LogP contribution is -2.52. The number of likely N-dealkylation sites (tertiary alicyclic amines) is 1. The van der Waals surface area contributed by atoms with E-state index in [-0.39, 0.29) is 11.9 Å². The van der Waals surface area contributed by atoms with E-state index in [0.717, 1.165) is 67.9 Å². The van der Waals surface area contributed by atoms with Crippen LogP contribution in [0.5, 0.6) is 5.75 Å². The molecule has 2 aromatic heterocycles. The number of imidazole rings is 1. The molecule has 1 aliphatic carbocycles. The normalized spacial score (nSPS) is 23.2. The number of aromatic nitrogens is 3. The van der Waals surface area contributed by atoms with Crippen LogP contribution < -0.4 is 21.1 Å². The Bertz CT molecular complexity index is 1560. The third-order valence-electron chi connectivity index (χ3n) is 8.74. The Kier molecular flexibility index (Phi) is 5.42. The molecule has 7 rings (SSSR count). The van der Waals surface area contributed by atoms with Gasteiger partial charge in [-0.2, -0.15) is 0 Å². The van der Waals surface area contributed by atoms with E-state index in [2.05, 4.69) is 38.3 Å². The lowest BCUT2D eigenvalue weighted by molar-refractivity contribution is 0.0708. The molecule has 1 amide bonds. The van der Waals surface area contributed by atoms with Crippen LogP contribution in [0.4, 0.5) is 5.69 Å². The number of hydrogen-bond acceptors (Lipinski definition) is 6. The summed E-state index contributed by atoms with van der Waals surface area (Å²) in [6.07, 6.45) is 3.99. The van der Waals surface area contributed by atoms with Crippen molar-refractivity contribution >= 4 is 33.5 Å². The molecule has 0 bridgehead atoms. The SMILES string of the molecule is COc1cc(C(=O)N2CCC[C@@H](N)C2)cc2nc(-c3cc4cccc5c4n3CCN5C3CC(N)C3)n(C)c12. The molecule has 2 fully saturated rings. The smallest absolute Gasteiger partial charge is 0.254 e. The number of methoxy groups -OCH3 is 1. The topological polar surface area (TPSA) is 108 Å². The molecular formula is C29H35N7O2. The zero-order valence-corrected chi connectivity index (χ0v) is 22.1. The van der Waals surface area contributed by atoms with Crippen molar-refractivity contribution in [2.24, 2.45) is 18.5 Å². The maximum Gasteiger partial charge on any atom is 0.254 e. The predicted octanol–water partition coefficient (Wildman–Crippen LogP) is 3.08. The van der Waals surface area contributed by atoms with Gasteiger partial charge in [0.05, 0.1) is 29.5 Å². The zero-order valence-electron chi connectivity index (χ0n) is 22.1. The third-order valence-corrected chi connectivity index (χ3v) is 8.74. The van der Waals surface area contributed by atoms with Crippen molar-refractivity contribution in [3.8, 4) is 17.3 Å². The van der Waals surface area contributed by atoms with Gasteiger partial charge in [0.25, 0.3) is 5.91 Å². The lowest BCUT2D eigenvalue weighted by Gasteiger charge is -2.45. The highest BCUT2D eigenvalue weighted by Crippen LogP contribution is 2.41. The van der Waals surface area contributed by atoms with Crippen LogP contribution in [0.1, 0.15) is 36.0 Å². The predicted molar refractivity (Wildman–Crippen MR) is 150 cm³/mol. The molecule has 2 aliphatic heterocycles. The van der Waals surface area contributed by atoms with E-state index < -0.39 is 0 Å². The molecule has 1 atom stereocenters. The minimum atomic E-state index is -0.0171. The van der Waals surface area contributed by atoms with Crippen LogP contribution in [0.15, 0.2) is 36.4 Å². The number of aryl methyl sites for hydroxylation is 1. The molecule has 0 radical (unpaired) electrons. The van der Waals surface area contributed by atoms with Gasteiger partial charge in [0, 0.05) is 62.3 Å². The lowest BCUT2D eigenvalue weighted by atomic mass is 9.85. The first-order valence-corrected chi connectivity index (χ1v) is 13.7. The van der Waals surface area contributed by atoms with Crippen molar-refractivity contribution in [2.45, 2.75) is 50.4 Å². The number of ether oxygens (including phenoxy) is 1. The van der Waals surface area contributed by atoms with Gasteiger partial charge in [-0.3, -0.25) is 4.79 Å². The summed E-state index contributed by atoms with van der Waals surface area (Å²) in [5.41, 5.74) is 18.1. The van der Waals surface area contributed by atoms with Crippen molar-refractivity contribution in [3.05, 3.63) is 42.0 Å². The van der Waals surface area contributed by atoms with Gasteiger partial charge >= 0.3 is 0 Å². The van der Waals surface area contributed by atoms with Gasteiger partial charge in [-0.1, -0.05) is 12.1 Å². The molecule has 4 N–H and O–H groups in total. The van der Waals surface area contributed by atoms with E-state index in [0.29, 0.717) is 29.9 Å². The maximum atomic E-state index is 13.4. The second kappa shape index (κ2) is 8.74. The minimum absolute atomic E-state index is 0.0171. The Morgan fingerprint density at radius 1 is 1.05 bits per heavy atom. The standard InChI is InChI=1S/C29H35N7O2/c1-33-27-22(11-18(13-25(27)38-2)29(37)34-8-4-6-19(30)16-34)32-28(33)24-12-17-5-3-7-23-26(17)36(24)10-9-35(23)21-14-20(31)15-21/h3,5,7,11-13,19-21H,4,6,8-10,14-16,30-31H2,1-2H3/t19-,20?,21?/m1/s1. The number of rotatable bonds is 4. The molecular weight excluding hydrogens is 478 g/mol. The summed E-state index contributed by atoms with van der Waals surface area (Å²) in [5, 5.41) is 1.21. The first-order valence-electron chi connectivity index (χ1n) is 13.7. The number of hydrogen-bond donors (Lipinski definition) is 2. The third kappa shape index (κ3) is 3.52. The monoisotopic (exact) mass is 513 g/mol. The van der Waals surface area contributed by atoms with Crippen LogP contribution in [0.2, 0.25) is 0 Å². The molecule has 4 aromatic rings. The Hall–Kier alpha value is -3.56. The fourth-order valence-electron chi connectivity index (χ4n) is 6.74. The van der Waals surface area contributed by atoms with Crippen molar-refractivity contribution in [1.29, 1.82) is 0 Å². The Morgan fingerprint density at radius 3 is 2.66 bits per heavy atom. The van der Waals surface area contributed by atoms with Crippen molar-refractivity contribution < 1.29 is 9.53 Å². The number of nitrogens with two attached hydrogens (primary N) is 2. The first-order chi connectivity index (χ1) is 18.4. The molecule has 0 spiro atoms. The second-order valence-corrected chi connectivity index (χ2v) is 11.2. The maximum absolute atomic E-state index is 13.4. The van der Waals surface area contributed by atoms with Gasteiger partial charge in [-0.15, -0.1) is 0 Å². The Labute approximate surface area is 221 Å². The van der Waals surface area contributed by atoms with E-state index in [1.165, 1.54) is 16.6 Å². The number of carbonyl (C=O) groups is 1. The summed E-state index contributed by atoms with van der Waals surface area (Å²) in [5.74, 6) is 1.50. The number of fused-ring (bicyclic) bond motifs is 1. The largest absolute Gasteiger partial charge is 0.494 e. The van der Waals surface area contributed by atoms with E-state index in [4.69, 9.17) is 21.2 Å². The van der Waals surface area contributed by atoms with Gasteiger partial charge in [0.2, 0.25) is 0 Å². The highest BCUT2D eigenvalue weighted by atomic mass is 16.5. The fraction of sp³-hybridized carbons (Fsp3) is 0.448. The van der Waals surface area contributed by atoms with E-state index in [1.807, 2.05) is 24.1 Å². The van der Waals surface area contributed by atoms with Crippen LogP contribution in [-0.2, 0) is 13.6 Å². The van der Waals surface area contributed by atoms with Crippen molar-refractivity contribution in [3.63, 3.8) is 0 Å². The molecule has 4 heterocycles. The van der Waals surface area contributed by atoms with Crippen LogP contribution in [0, 0.1) is 0 Å². The first kappa shape index (κ1) is 23.5. The van der Waals surface area contributed by atoms with Crippen molar-refractivity contribution in [1.82, 2.24) is 19.0 Å². The highest BCUT2D eigenvalue weighted by molar-refractivity contribution is 6.01. The quantitative estimate of drug-likeness (QED) is 0.434. The van der Waals surface area contributed by atoms with E-state index in [9.17, 15) is 4.79 Å². The Morgan fingerprint density at radius 2 is 1.89 bits per heavy atom. The van der Waals surface area contributed by atoms with Crippen molar-refractivity contribution in [2.75, 3.05) is 31.6 Å². The summed E-state index contributed by atoms with van der Waals surface area (Å²) in [4.78, 5) is 22.9. The van der Waals surface area contributed by atoms with Crippen LogP contribution in [0.3, 0.4) is 0 Å². The molecule has 38 heavy (non-hydrogen) atoms. The van der Waals surface area contributed by atoms with Gasteiger partial charge in [0.1, 0.15) is 11.3 Å². The zero-order chi connectivity index (χ0) is 26.1. The number of anilines is 1. The average molecular weight is 514 g/mol. The van der Waals surface area contributed by atoms with Gasteiger partial charge < -0.3 is 35.1 Å². The molecule has 1 saturated heterocycles. The summed E-state index contributed by atoms with van der Waals surface area (Å²) < 4.78 is 10.3. The summed E-state index contributed by atoms with van der Waals surface area (Å²) in [7, 11) is 3.67. The van der Waals surface area contributed by atoms with Crippen LogP contribution in [-0.4, -0.2) is 69.8 Å². The number of nitrogens with zero attached hydrogens (tertiary/aromatic N) is 5. The molecule has 2 aromatic carbocycles. The molecule has 198 valence electrons. The number of piperidine rings is 1. The number of para-hydroxylation sites is 1. The number of benzene rings is 2. The van der Waals surface area contributed by atoms with Gasteiger partial charge in [-0.05, 0) is 49.9 Å². The number of carbonyl (C=O) groups excluding carboxylic acids is 1. The minimum Gasteiger partial charge on any atom is -0.494 e. The highest BCUT2D eigenvalue weighted by Gasteiger charge is 2.35. The van der Waals surface area contributed by atoms with Gasteiger partial charge in [-0.25, -0.2) is 4.98 Å². The van der Waals surface area contributed by atoms with Crippen LogP contribution >= 0.6 is 0 Å². The van der Waals surface area contributed by atoms with E-state index >= 15 is 0 Å². The van der Waals surface area contributed by atoms with Crippen LogP contribution in [0.25, 0.3) is 33.5 Å². The summed E-state index contributed by atoms with van der Waals surface area (Å²) >= 11 is 0. The second-order valence-electron chi connectivity index (χ2n) is 11.2. The molecule has 1 saturated carbocycles. The van der Waals surface area contributed by atoms with E-state index in [1.54, 1.807) is 7.11 Å². The molecule has 9 nitrogen and oxygen atoms in total.